The molecule has 1 atom stereocenters. The summed E-state index contributed by atoms with van der Waals surface area (Å²) in [4.78, 5) is 0. The fourth-order valence-corrected chi connectivity index (χ4v) is 3.06. The summed E-state index contributed by atoms with van der Waals surface area (Å²) in [5, 5.41) is 21.1. The van der Waals surface area contributed by atoms with Crippen LogP contribution in [-0.4, -0.2) is 36.1 Å². The first kappa shape index (κ1) is 18.4. The maximum absolute atomic E-state index is 14.5. The van der Waals surface area contributed by atoms with Gasteiger partial charge >= 0.3 is 0 Å². The first-order chi connectivity index (χ1) is 12.5. The van der Waals surface area contributed by atoms with Crippen LogP contribution in [0.25, 0.3) is 11.3 Å². The molecule has 0 amide bonds. The van der Waals surface area contributed by atoms with Crippen LogP contribution in [0.3, 0.4) is 0 Å². The largest absolute Gasteiger partial charge is 0.507 e. The molecule has 0 bridgehead atoms. The summed E-state index contributed by atoms with van der Waals surface area (Å²) in [5.41, 5.74) is 0.469. The average Bonchev–Trinajstić information content (AvgIpc) is 3.03. The highest BCUT2D eigenvalue weighted by molar-refractivity contribution is 5.74. The number of aromatic hydroxyl groups is 1. The lowest BCUT2D eigenvalue weighted by atomic mass is 9.98. The molecular weight excluding hydrogens is 351 g/mol. The van der Waals surface area contributed by atoms with Crippen molar-refractivity contribution in [3.05, 3.63) is 34.6 Å². The molecule has 9 heteroatoms. The third-order valence-electron chi connectivity index (χ3n) is 4.27. The SMILES string of the molecule is CNc1nnc(-c2c(O)cc(C(F)F)cc2F)c2c1C(CCOC)OC2. The zero-order valence-electron chi connectivity index (χ0n) is 14.2. The van der Waals surface area contributed by atoms with Gasteiger partial charge in [-0.3, -0.25) is 0 Å². The summed E-state index contributed by atoms with van der Waals surface area (Å²) in [5.74, 6) is -1.13. The van der Waals surface area contributed by atoms with Gasteiger partial charge in [0.05, 0.1) is 18.3 Å². The number of fused-ring (bicyclic) bond motifs is 1. The van der Waals surface area contributed by atoms with Gasteiger partial charge in [-0.05, 0) is 12.1 Å². The highest BCUT2D eigenvalue weighted by atomic mass is 19.3. The van der Waals surface area contributed by atoms with E-state index in [2.05, 4.69) is 15.5 Å². The molecular formula is C17H18F3N3O3. The third kappa shape index (κ3) is 3.19. The third-order valence-corrected chi connectivity index (χ3v) is 4.27. The van der Waals surface area contributed by atoms with Crippen LogP contribution in [0.15, 0.2) is 12.1 Å². The van der Waals surface area contributed by atoms with Crippen LogP contribution in [0.4, 0.5) is 19.0 Å². The molecule has 0 aliphatic carbocycles. The van der Waals surface area contributed by atoms with E-state index in [4.69, 9.17) is 9.47 Å². The molecule has 26 heavy (non-hydrogen) atoms. The van der Waals surface area contributed by atoms with Crippen molar-refractivity contribution in [3.8, 4) is 17.0 Å². The number of halogens is 3. The number of methoxy groups -OCH3 is 1. The molecule has 0 saturated carbocycles. The van der Waals surface area contributed by atoms with Gasteiger partial charge in [0.15, 0.2) is 5.82 Å². The molecule has 1 aliphatic heterocycles. The van der Waals surface area contributed by atoms with Gasteiger partial charge in [0, 0.05) is 43.9 Å². The van der Waals surface area contributed by atoms with Gasteiger partial charge in [0.25, 0.3) is 6.43 Å². The van der Waals surface area contributed by atoms with E-state index in [1.165, 1.54) is 0 Å². The number of nitrogens with one attached hydrogen (secondary N) is 1. The maximum atomic E-state index is 14.5. The number of ether oxygens (including phenoxy) is 2. The molecule has 1 aromatic carbocycles. The van der Waals surface area contributed by atoms with E-state index >= 15 is 0 Å². The Hall–Kier alpha value is -2.39. The lowest BCUT2D eigenvalue weighted by Crippen LogP contribution is -2.08. The predicted octanol–water partition coefficient (Wildman–Crippen LogP) is 3.58. The standard InChI is InChI=1S/C17H18F3N3O3/c1-21-17-13-9(7-26-12(13)3-4-25-2)15(22-23-17)14-10(18)5-8(16(19)20)6-11(14)24/h5-6,12,16,24H,3-4,7H2,1-2H3,(H,21,23). The Bertz CT molecular complexity index is 794. The van der Waals surface area contributed by atoms with Crippen LogP contribution in [-0.2, 0) is 16.1 Å². The number of phenols is 1. The van der Waals surface area contributed by atoms with Gasteiger partial charge in [-0.15, -0.1) is 10.2 Å². The lowest BCUT2D eigenvalue weighted by molar-refractivity contribution is 0.0401. The van der Waals surface area contributed by atoms with E-state index in [0.29, 0.717) is 36.0 Å². The first-order valence-corrected chi connectivity index (χ1v) is 7.96. The summed E-state index contributed by atoms with van der Waals surface area (Å²) < 4.78 is 50.9. The smallest absolute Gasteiger partial charge is 0.264 e. The highest BCUT2D eigenvalue weighted by Crippen LogP contribution is 2.44. The molecule has 0 saturated heterocycles. The Morgan fingerprint density at radius 2 is 2.15 bits per heavy atom. The molecule has 2 heterocycles. The number of anilines is 1. The van der Waals surface area contributed by atoms with E-state index in [9.17, 15) is 18.3 Å². The van der Waals surface area contributed by atoms with E-state index in [0.717, 1.165) is 6.07 Å². The van der Waals surface area contributed by atoms with Crippen LogP contribution in [0.5, 0.6) is 5.75 Å². The number of hydrogen-bond donors (Lipinski definition) is 2. The molecule has 1 unspecified atom stereocenters. The van der Waals surface area contributed by atoms with Crippen LogP contribution in [0.2, 0.25) is 0 Å². The molecule has 6 nitrogen and oxygen atoms in total. The Balaban J connectivity index is 2.12. The average molecular weight is 369 g/mol. The van der Waals surface area contributed by atoms with Crippen molar-refractivity contribution < 1.29 is 27.8 Å². The molecule has 0 fully saturated rings. The Labute approximate surface area is 148 Å². The number of hydrogen-bond acceptors (Lipinski definition) is 6. The second-order valence-electron chi connectivity index (χ2n) is 5.82. The van der Waals surface area contributed by atoms with Crippen molar-refractivity contribution in [1.29, 1.82) is 0 Å². The van der Waals surface area contributed by atoms with Crippen LogP contribution in [0, 0.1) is 5.82 Å². The molecule has 0 spiro atoms. The Kier molecular flexibility index (Phi) is 5.28. The summed E-state index contributed by atoms with van der Waals surface area (Å²) in [7, 11) is 3.24. The summed E-state index contributed by atoms with van der Waals surface area (Å²) in [6, 6.07) is 1.53. The Morgan fingerprint density at radius 3 is 2.77 bits per heavy atom. The second-order valence-corrected chi connectivity index (χ2v) is 5.82. The van der Waals surface area contributed by atoms with E-state index in [-0.39, 0.29) is 24.0 Å². The number of aromatic nitrogens is 2. The molecule has 3 rings (SSSR count). The van der Waals surface area contributed by atoms with Crippen LogP contribution >= 0.6 is 0 Å². The minimum atomic E-state index is -2.89. The van der Waals surface area contributed by atoms with Crippen molar-refractivity contribution in [2.45, 2.75) is 25.6 Å². The number of nitrogens with zero attached hydrogens (tertiary/aromatic N) is 2. The minimum Gasteiger partial charge on any atom is -0.507 e. The fourth-order valence-electron chi connectivity index (χ4n) is 3.06. The summed E-state index contributed by atoms with van der Waals surface area (Å²) in [6.45, 7) is 0.590. The van der Waals surface area contributed by atoms with E-state index in [1.807, 2.05) is 0 Å². The van der Waals surface area contributed by atoms with Gasteiger partial charge in [0.1, 0.15) is 17.3 Å². The summed E-state index contributed by atoms with van der Waals surface area (Å²) in [6.07, 6.45) is -2.66. The van der Waals surface area contributed by atoms with Crippen molar-refractivity contribution in [1.82, 2.24) is 10.2 Å². The minimum absolute atomic E-state index is 0.0785. The van der Waals surface area contributed by atoms with Gasteiger partial charge in [-0.1, -0.05) is 0 Å². The summed E-state index contributed by atoms with van der Waals surface area (Å²) >= 11 is 0. The quantitative estimate of drug-likeness (QED) is 0.811. The number of rotatable bonds is 6. The molecule has 140 valence electrons. The van der Waals surface area contributed by atoms with Gasteiger partial charge in [0.2, 0.25) is 0 Å². The number of phenolic OH excluding ortho intramolecular Hbond substituents is 1. The van der Waals surface area contributed by atoms with Gasteiger partial charge in [-0.25, -0.2) is 13.2 Å². The van der Waals surface area contributed by atoms with Crippen molar-refractivity contribution in [2.24, 2.45) is 0 Å². The molecule has 2 aromatic rings. The predicted molar refractivity (Wildman–Crippen MR) is 87.6 cm³/mol. The normalized spacial score (nSPS) is 16.2. The fraction of sp³-hybridized carbons (Fsp3) is 0.412. The number of benzene rings is 1. The lowest BCUT2D eigenvalue weighted by Gasteiger charge is -2.15. The van der Waals surface area contributed by atoms with Crippen LogP contribution < -0.4 is 5.32 Å². The maximum Gasteiger partial charge on any atom is 0.264 e. The van der Waals surface area contributed by atoms with E-state index in [1.54, 1.807) is 14.2 Å². The van der Waals surface area contributed by atoms with Crippen molar-refractivity contribution >= 4 is 5.82 Å². The van der Waals surface area contributed by atoms with Gasteiger partial charge < -0.3 is 19.9 Å². The molecule has 1 aromatic heterocycles. The second kappa shape index (κ2) is 7.46. The van der Waals surface area contributed by atoms with Gasteiger partial charge in [-0.2, -0.15) is 0 Å². The zero-order chi connectivity index (χ0) is 18.8. The number of alkyl halides is 2. The monoisotopic (exact) mass is 369 g/mol. The zero-order valence-corrected chi connectivity index (χ0v) is 14.2. The molecule has 1 aliphatic rings. The highest BCUT2D eigenvalue weighted by Gasteiger charge is 2.32. The van der Waals surface area contributed by atoms with Crippen molar-refractivity contribution in [3.63, 3.8) is 0 Å². The Morgan fingerprint density at radius 1 is 1.38 bits per heavy atom. The molecule has 2 N–H and O–H groups in total. The van der Waals surface area contributed by atoms with E-state index < -0.39 is 23.6 Å². The molecule has 0 radical (unpaired) electrons. The topological polar surface area (TPSA) is 76.5 Å². The van der Waals surface area contributed by atoms with Crippen molar-refractivity contribution in [2.75, 3.05) is 26.1 Å². The van der Waals surface area contributed by atoms with Crippen LogP contribution in [0.1, 0.15) is 35.6 Å². The first-order valence-electron chi connectivity index (χ1n) is 7.96.